The van der Waals surface area contributed by atoms with Crippen molar-refractivity contribution in [3.63, 3.8) is 0 Å². The van der Waals surface area contributed by atoms with Gasteiger partial charge >= 0.3 is 0 Å². The molecule has 2 rings (SSSR count). The lowest BCUT2D eigenvalue weighted by atomic mass is 10.2. The standard InChI is InChI=1S/C15H19N3O3S/c1-3-16-14(20)9(2)17-13(19)8-12-15(21)18-10-6-4-5-7-11(10)22-12/h4-7,9,12H,3,8H2,1-2H3,(H,16,20)(H,17,19)(H,18,21)/t9-,12+/m0/s1. The molecule has 0 spiro atoms. The molecule has 6 nitrogen and oxygen atoms in total. The van der Waals surface area contributed by atoms with Crippen LogP contribution in [-0.2, 0) is 14.4 Å². The van der Waals surface area contributed by atoms with E-state index in [1.807, 2.05) is 31.2 Å². The number of fused-ring (bicyclic) bond motifs is 1. The van der Waals surface area contributed by atoms with Crippen LogP contribution in [-0.4, -0.2) is 35.6 Å². The zero-order valence-electron chi connectivity index (χ0n) is 12.5. The number of carbonyl (C=O) groups is 3. The van der Waals surface area contributed by atoms with Crippen molar-refractivity contribution in [1.82, 2.24) is 10.6 Å². The summed E-state index contributed by atoms with van der Waals surface area (Å²) in [5.74, 6) is -0.739. The lowest BCUT2D eigenvalue weighted by Crippen LogP contribution is -2.46. The summed E-state index contributed by atoms with van der Waals surface area (Å²) in [6.07, 6.45) is 0.0363. The molecule has 22 heavy (non-hydrogen) atoms. The molecule has 0 saturated carbocycles. The topological polar surface area (TPSA) is 87.3 Å². The highest BCUT2D eigenvalue weighted by molar-refractivity contribution is 8.01. The summed E-state index contributed by atoms with van der Waals surface area (Å²) in [7, 11) is 0. The highest BCUT2D eigenvalue weighted by atomic mass is 32.2. The molecular weight excluding hydrogens is 302 g/mol. The molecular formula is C15H19N3O3S. The van der Waals surface area contributed by atoms with Crippen LogP contribution in [0.15, 0.2) is 29.2 Å². The summed E-state index contributed by atoms with van der Waals surface area (Å²) in [4.78, 5) is 36.6. The van der Waals surface area contributed by atoms with E-state index in [1.54, 1.807) is 6.92 Å². The van der Waals surface area contributed by atoms with Gasteiger partial charge in [0.25, 0.3) is 0 Å². The van der Waals surface area contributed by atoms with Gasteiger partial charge in [-0.15, -0.1) is 11.8 Å². The molecule has 0 aliphatic carbocycles. The average Bonchev–Trinajstić information content (AvgIpc) is 2.48. The van der Waals surface area contributed by atoms with Crippen molar-refractivity contribution in [3.8, 4) is 0 Å². The van der Waals surface area contributed by atoms with Gasteiger partial charge in [-0.05, 0) is 26.0 Å². The van der Waals surface area contributed by atoms with Crippen LogP contribution in [0, 0.1) is 0 Å². The number of benzene rings is 1. The Morgan fingerprint density at radius 2 is 2.09 bits per heavy atom. The molecule has 0 bridgehead atoms. The SMILES string of the molecule is CCNC(=O)[C@H](C)NC(=O)C[C@H]1Sc2ccccc2NC1=O. The average molecular weight is 321 g/mol. The van der Waals surface area contributed by atoms with E-state index in [-0.39, 0.29) is 24.1 Å². The van der Waals surface area contributed by atoms with Gasteiger partial charge in [0.15, 0.2) is 0 Å². The van der Waals surface area contributed by atoms with E-state index in [0.717, 1.165) is 10.6 Å². The number of para-hydroxylation sites is 1. The predicted molar refractivity (Wildman–Crippen MR) is 85.6 cm³/mol. The molecule has 1 heterocycles. The number of hydrogen-bond donors (Lipinski definition) is 3. The Kier molecular flexibility index (Phi) is 5.43. The van der Waals surface area contributed by atoms with Crippen molar-refractivity contribution in [1.29, 1.82) is 0 Å². The third-order valence-electron chi connectivity index (χ3n) is 3.20. The van der Waals surface area contributed by atoms with Crippen LogP contribution in [0.2, 0.25) is 0 Å². The fraction of sp³-hybridized carbons (Fsp3) is 0.400. The Balaban J connectivity index is 1.92. The van der Waals surface area contributed by atoms with Gasteiger partial charge in [-0.3, -0.25) is 14.4 Å². The Hall–Kier alpha value is -2.02. The van der Waals surface area contributed by atoms with E-state index < -0.39 is 11.3 Å². The summed E-state index contributed by atoms with van der Waals surface area (Å²) in [5.41, 5.74) is 0.768. The number of carbonyl (C=O) groups excluding carboxylic acids is 3. The Bertz CT molecular complexity index is 591. The number of amides is 3. The summed E-state index contributed by atoms with van der Waals surface area (Å²) in [6.45, 7) is 3.94. The number of nitrogens with one attached hydrogen (secondary N) is 3. The molecule has 3 amide bonds. The number of thioether (sulfide) groups is 1. The second-order valence-electron chi connectivity index (χ2n) is 4.98. The van der Waals surface area contributed by atoms with Gasteiger partial charge in [0.2, 0.25) is 17.7 Å². The minimum absolute atomic E-state index is 0.0363. The first-order chi connectivity index (χ1) is 10.5. The van der Waals surface area contributed by atoms with Gasteiger partial charge in [-0.2, -0.15) is 0 Å². The summed E-state index contributed by atoms with van der Waals surface area (Å²) in [5, 5.41) is 7.55. The Morgan fingerprint density at radius 1 is 1.36 bits per heavy atom. The molecule has 1 aliphatic heterocycles. The van der Waals surface area contributed by atoms with Gasteiger partial charge < -0.3 is 16.0 Å². The second-order valence-corrected chi connectivity index (χ2v) is 6.22. The first-order valence-corrected chi connectivity index (χ1v) is 8.03. The zero-order valence-corrected chi connectivity index (χ0v) is 13.3. The van der Waals surface area contributed by atoms with Crippen LogP contribution in [0.5, 0.6) is 0 Å². The molecule has 3 N–H and O–H groups in total. The highest BCUT2D eigenvalue weighted by Gasteiger charge is 2.29. The van der Waals surface area contributed by atoms with Crippen molar-refractivity contribution in [2.75, 3.05) is 11.9 Å². The molecule has 118 valence electrons. The van der Waals surface area contributed by atoms with Crippen LogP contribution < -0.4 is 16.0 Å². The van der Waals surface area contributed by atoms with Crippen LogP contribution in [0.3, 0.4) is 0 Å². The third-order valence-corrected chi connectivity index (χ3v) is 4.47. The quantitative estimate of drug-likeness (QED) is 0.759. The van der Waals surface area contributed by atoms with E-state index >= 15 is 0 Å². The number of anilines is 1. The Morgan fingerprint density at radius 3 is 2.82 bits per heavy atom. The monoisotopic (exact) mass is 321 g/mol. The van der Waals surface area contributed by atoms with Crippen LogP contribution in [0.25, 0.3) is 0 Å². The maximum absolute atomic E-state index is 12.0. The first-order valence-electron chi connectivity index (χ1n) is 7.15. The lowest BCUT2D eigenvalue weighted by Gasteiger charge is -2.24. The van der Waals surface area contributed by atoms with Crippen molar-refractivity contribution in [2.24, 2.45) is 0 Å². The molecule has 0 radical (unpaired) electrons. The van der Waals surface area contributed by atoms with Crippen LogP contribution in [0.1, 0.15) is 20.3 Å². The number of rotatable bonds is 5. The van der Waals surface area contributed by atoms with Gasteiger partial charge in [0, 0.05) is 17.9 Å². The molecule has 1 aliphatic rings. The smallest absolute Gasteiger partial charge is 0.242 e. The van der Waals surface area contributed by atoms with Gasteiger partial charge in [0.1, 0.15) is 6.04 Å². The summed E-state index contributed by atoms with van der Waals surface area (Å²) < 4.78 is 0. The van der Waals surface area contributed by atoms with Gasteiger partial charge in [0.05, 0.1) is 10.9 Å². The normalized spacial score (nSPS) is 17.9. The van der Waals surface area contributed by atoms with Gasteiger partial charge in [-0.25, -0.2) is 0 Å². The molecule has 0 aromatic heterocycles. The van der Waals surface area contributed by atoms with E-state index in [9.17, 15) is 14.4 Å². The van der Waals surface area contributed by atoms with Gasteiger partial charge in [-0.1, -0.05) is 12.1 Å². The van der Waals surface area contributed by atoms with Crippen molar-refractivity contribution < 1.29 is 14.4 Å². The number of likely N-dealkylation sites (N-methyl/N-ethyl adjacent to an activating group) is 1. The predicted octanol–water partition coefficient (Wildman–Crippen LogP) is 1.13. The molecule has 1 aromatic rings. The second kappa shape index (κ2) is 7.31. The largest absolute Gasteiger partial charge is 0.355 e. The minimum atomic E-state index is -0.614. The van der Waals surface area contributed by atoms with Crippen molar-refractivity contribution in [2.45, 2.75) is 36.5 Å². The summed E-state index contributed by atoms with van der Waals surface area (Å²) in [6, 6.07) is 6.85. The molecule has 2 atom stereocenters. The highest BCUT2D eigenvalue weighted by Crippen LogP contribution is 2.36. The lowest BCUT2D eigenvalue weighted by molar-refractivity contribution is -0.129. The van der Waals surface area contributed by atoms with E-state index in [1.165, 1.54) is 11.8 Å². The first kappa shape index (κ1) is 16.4. The third kappa shape index (κ3) is 4.00. The zero-order chi connectivity index (χ0) is 16.1. The fourth-order valence-electron chi connectivity index (χ4n) is 2.09. The molecule has 1 aromatic carbocycles. The van der Waals surface area contributed by atoms with E-state index in [0.29, 0.717) is 6.54 Å². The van der Waals surface area contributed by atoms with E-state index in [2.05, 4.69) is 16.0 Å². The number of hydrogen-bond acceptors (Lipinski definition) is 4. The van der Waals surface area contributed by atoms with Crippen LogP contribution >= 0.6 is 11.8 Å². The summed E-state index contributed by atoms with van der Waals surface area (Å²) >= 11 is 1.37. The fourth-order valence-corrected chi connectivity index (χ4v) is 3.20. The van der Waals surface area contributed by atoms with E-state index in [4.69, 9.17) is 0 Å². The minimum Gasteiger partial charge on any atom is -0.355 e. The maximum atomic E-state index is 12.0. The Labute approximate surface area is 133 Å². The maximum Gasteiger partial charge on any atom is 0.242 e. The van der Waals surface area contributed by atoms with Crippen molar-refractivity contribution >= 4 is 35.2 Å². The molecule has 0 fully saturated rings. The van der Waals surface area contributed by atoms with Crippen LogP contribution in [0.4, 0.5) is 5.69 Å². The molecule has 0 unspecified atom stereocenters. The molecule has 7 heteroatoms. The van der Waals surface area contributed by atoms with Crippen molar-refractivity contribution in [3.05, 3.63) is 24.3 Å². The molecule has 0 saturated heterocycles.